The molecule has 8 heteroatoms. The lowest BCUT2D eigenvalue weighted by molar-refractivity contribution is -0.132. The fraction of sp³-hybridized carbons (Fsp3) is 0.533. The van der Waals surface area contributed by atoms with E-state index >= 15 is 0 Å². The van der Waals surface area contributed by atoms with Gasteiger partial charge in [0, 0.05) is 19.8 Å². The number of rotatable bonds is 7. The van der Waals surface area contributed by atoms with E-state index < -0.39 is 15.4 Å². The number of hydrogen-bond donors (Lipinski definition) is 1. The Bertz CT molecular complexity index is 659. The highest BCUT2D eigenvalue weighted by Crippen LogP contribution is 2.33. The molecule has 1 aromatic carbocycles. The molecule has 0 heterocycles. The number of hydrogen-bond acceptors (Lipinski definition) is 5. The molecule has 2 rings (SSSR count). The molecule has 0 bridgehead atoms. The van der Waals surface area contributed by atoms with Crippen molar-refractivity contribution >= 4 is 28.2 Å². The van der Waals surface area contributed by atoms with Gasteiger partial charge < -0.3 is 15.4 Å². The van der Waals surface area contributed by atoms with Crippen molar-refractivity contribution in [1.82, 2.24) is 4.90 Å². The molecule has 6 nitrogen and oxygen atoms in total. The molecule has 0 saturated heterocycles. The Morgan fingerprint density at radius 3 is 2.61 bits per heavy atom. The number of nitrogens with two attached hydrogens (primary N) is 1. The molecule has 0 spiro atoms. The normalized spacial score (nSPS) is 15.4. The van der Waals surface area contributed by atoms with Crippen LogP contribution in [-0.4, -0.2) is 51.2 Å². The average molecular weight is 363 g/mol. The molecule has 2 N–H and O–H groups in total. The van der Waals surface area contributed by atoms with Crippen LogP contribution in [0.1, 0.15) is 19.3 Å². The van der Waals surface area contributed by atoms with Gasteiger partial charge in [0.1, 0.15) is 5.75 Å². The van der Waals surface area contributed by atoms with E-state index in [1.807, 2.05) is 0 Å². The zero-order valence-corrected chi connectivity index (χ0v) is 15.0. The number of benzene rings is 1. The van der Waals surface area contributed by atoms with Crippen LogP contribution < -0.4 is 10.5 Å². The van der Waals surface area contributed by atoms with Gasteiger partial charge in [-0.3, -0.25) is 4.79 Å². The van der Waals surface area contributed by atoms with Gasteiger partial charge in [-0.2, -0.15) is 0 Å². The molecule has 1 aliphatic carbocycles. The van der Waals surface area contributed by atoms with Crippen LogP contribution in [-0.2, 0) is 14.6 Å². The third-order valence-electron chi connectivity index (χ3n) is 3.70. The van der Waals surface area contributed by atoms with Gasteiger partial charge in [0.15, 0.2) is 9.84 Å². The first-order chi connectivity index (χ1) is 10.2. The van der Waals surface area contributed by atoms with Crippen LogP contribution >= 0.6 is 12.4 Å². The number of carbonyl (C=O) groups excluding carboxylic acids is 1. The summed E-state index contributed by atoms with van der Waals surface area (Å²) in [6.45, 7) is 0.964. The summed E-state index contributed by atoms with van der Waals surface area (Å²) in [5.41, 5.74) is 5.22. The van der Waals surface area contributed by atoms with Crippen molar-refractivity contribution in [2.24, 2.45) is 5.73 Å². The molecular weight excluding hydrogens is 340 g/mol. The van der Waals surface area contributed by atoms with Crippen LogP contribution in [0.4, 0.5) is 0 Å². The van der Waals surface area contributed by atoms with Gasteiger partial charge >= 0.3 is 0 Å². The minimum absolute atomic E-state index is 0. The first kappa shape index (κ1) is 19.7. The summed E-state index contributed by atoms with van der Waals surface area (Å²) in [4.78, 5) is 13.8. The van der Waals surface area contributed by atoms with Crippen LogP contribution in [0.25, 0.3) is 0 Å². The fourth-order valence-corrected chi connectivity index (χ4v) is 2.77. The van der Waals surface area contributed by atoms with Crippen LogP contribution in [0.2, 0.25) is 0 Å². The van der Waals surface area contributed by atoms with Gasteiger partial charge in [0.2, 0.25) is 5.91 Å². The zero-order valence-electron chi connectivity index (χ0n) is 13.3. The summed E-state index contributed by atoms with van der Waals surface area (Å²) < 4.78 is 28.5. The number of sulfone groups is 1. The SMILES string of the molecule is CN(CCCOc1cccc(S(C)(=O)=O)c1)C(=O)C1(N)CC1.Cl. The minimum Gasteiger partial charge on any atom is -0.493 e. The second-order valence-electron chi connectivity index (χ2n) is 5.83. The van der Waals surface area contributed by atoms with Crippen molar-refractivity contribution in [1.29, 1.82) is 0 Å². The number of carbonyl (C=O) groups is 1. The Kier molecular flexibility index (Phi) is 6.44. The van der Waals surface area contributed by atoms with Gasteiger partial charge in [-0.1, -0.05) is 6.07 Å². The van der Waals surface area contributed by atoms with Crippen molar-refractivity contribution in [3.63, 3.8) is 0 Å². The third kappa shape index (κ3) is 5.37. The second-order valence-corrected chi connectivity index (χ2v) is 7.85. The molecule has 130 valence electrons. The van der Waals surface area contributed by atoms with Gasteiger partial charge in [0.05, 0.1) is 17.0 Å². The molecule has 0 aromatic heterocycles. The van der Waals surface area contributed by atoms with E-state index in [2.05, 4.69) is 0 Å². The molecule has 1 aromatic rings. The summed E-state index contributed by atoms with van der Waals surface area (Å²) in [7, 11) is -1.50. The highest BCUT2D eigenvalue weighted by molar-refractivity contribution is 7.90. The fourth-order valence-electron chi connectivity index (χ4n) is 2.12. The van der Waals surface area contributed by atoms with Gasteiger partial charge in [-0.15, -0.1) is 12.4 Å². The van der Waals surface area contributed by atoms with Crippen molar-refractivity contribution in [3.05, 3.63) is 24.3 Å². The van der Waals surface area contributed by atoms with Crippen LogP contribution in [0, 0.1) is 0 Å². The topological polar surface area (TPSA) is 89.7 Å². The zero-order chi connectivity index (χ0) is 16.4. The predicted octanol–water partition coefficient (Wildman–Crippen LogP) is 1.23. The smallest absolute Gasteiger partial charge is 0.242 e. The number of likely N-dealkylation sites (N-methyl/N-ethyl adjacent to an activating group) is 1. The Morgan fingerprint density at radius 2 is 2.04 bits per heavy atom. The minimum atomic E-state index is -3.24. The third-order valence-corrected chi connectivity index (χ3v) is 4.81. The molecule has 0 aliphatic heterocycles. The monoisotopic (exact) mass is 362 g/mol. The van der Waals surface area contributed by atoms with E-state index in [9.17, 15) is 13.2 Å². The number of halogens is 1. The molecule has 0 radical (unpaired) electrons. The highest BCUT2D eigenvalue weighted by atomic mass is 35.5. The number of amides is 1. The molecule has 1 amide bonds. The number of nitrogens with zero attached hydrogens (tertiary/aromatic N) is 1. The maximum atomic E-state index is 11.9. The largest absolute Gasteiger partial charge is 0.493 e. The molecular formula is C15H23ClN2O4S. The maximum absolute atomic E-state index is 11.9. The summed E-state index contributed by atoms with van der Waals surface area (Å²) in [5.74, 6) is 0.487. The lowest BCUT2D eigenvalue weighted by Gasteiger charge is -2.20. The Morgan fingerprint density at radius 1 is 1.39 bits per heavy atom. The van der Waals surface area contributed by atoms with Gasteiger partial charge in [0.25, 0.3) is 0 Å². The molecule has 1 aliphatic rings. The van der Waals surface area contributed by atoms with Crippen LogP contribution in [0.15, 0.2) is 29.2 Å². The van der Waals surface area contributed by atoms with E-state index in [-0.39, 0.29) is 23.2 Å². The molecule has 0 atom stereocenters. The maximum Gasteiger partial charge on any atom is 0.242 e. The van der Waals surface area contributed by atoms with Crippen LogP contribution in [0.5, 0.6) is 5.75 Å². The Balaban J connectivity index is 0.00000264. The predicted molar refractivity (Wildman–Crippen MR) is 90.7 cm³/mol. The Hall–Kier alpha value is -1.31. The summed E-state index contributed by atoms with van der Waals surface area (Å²) in [6.07, 6.45) is 3.32. The van der Waals surface area contributed by atoms with E-state index in [0.29, 0.717) is 25.3 Å². The second kappa shape index (κ2) is 7.51. The van der Waals surface area contributed by atoms with Gasteiger partial charge in [-0.05, 0) is 37.5 Å². The first-order valence-corrected chi connectivity index (χ1v) is 9.09. The van der Waals surface area contributed by atoms with Crippen molar-refractivity contribution in [2.45, 2.75) is 29.7 Å². The summed E-state index contributed by atoms with van der Waals surface area (Å²) in [6, 6.07) is 6.39. The summed E-state index contributed by atoms with van der Waals surface area (Å²) in [5, 5.41) is 0. The molecule has 1 saturated carbocycles. The molecule has 1 fully saturated rings. The van der Waals surface area contributed by atoms with Crippen molar-refractivity contribution in [3.8, 4) is 5.75 Å². The number of ether oxygens (including phenoxy) is 1. The molecule has 0 unspecified atom stereocenters. The van der Waals surface area contributed by atoms with E-state index in [1.54, 1.807) is 24.1 Å². The summed E-state index contributed by atoms with van der Waals surface area (Å²) >= 11 is 0. The van der Waals surface area contributed by atoms with Crippen molar-refractivity contribution < 1.29 is 17.9 Å². The lowest BCUT2D eigenvalue weighted by Crippen LogP contribution is -2.44. The first-order valence-electron chi connectivity index (χ1n) is 7.20. The van der Waals surface area contributed by atoms with Crippen LogP contribution in [0.3, 0.4) is 0 Å². The van der Waals surface area contributed by atoms with E-state index in [4.69, 9.17) is 10.5 Å². The highest BCUT2D eigenvalue weighted by Gasteiger charge is 2.47. The standard InChI is InChI=1S/C15H22N2O4S.ClH/c1-17(14(18)15(16)7-8-15)9-4-10-21-12-5-3-6-13(11-12)22(2,19)20;/h3,5-6,11H,4,7-10,16H2,1-2H3;1H. The van der Waals surface area contributed by atoms with Gasteiger partial charge in [-0.25, -0.2) is 8.42 Å². The average Bonchev–Trinajstić information content (AvgIpc) is 3.21. The van der Waals surface area contributed by atoms with E-state index in [1.165, 1.54) is 12.1 Å². The Labute approximate surface area is 143 Å². The molecule has 23 heavy (non-hydrogen) atoms. The quantitative estimate of drug-likeness (QED) is 0.737. The lowest BCUT2D eigenvalue weighted by atomic mass is 10.2. The van der Waals surface area contributed by atoms with Crippen molar-refractivity contribution in [2.75, 3.05) is 26.5 Å². The van der Waals surface area contributed by atoms with E-state index in [0.717, 1.165) is 19.1 Å².